The second kappa shape index (κ2) is 14.7. The highest BCUT2D eigenvalue weighted by atomic mass is 16.5. The maximum absolute atomic E-state index is 12.6. The van der Waals surface area contributed by atoms with E-state index < -0.39 is 12.0 Å². The molecule has 0 saturated carbocycles. The SMILES string of the molecule is Cc1ccccc1NC(=O)Nc1ccc(CC(=O)Nc2ccc(C(CC(=O)O)NC(=O)CN3CCOCC3)nc2)cc1. The molecule has 0 aliphatic carbocycles. The van der Waals surface area contributed by atoms with Gasteiger partial charge in [-0.1, -0.05) is 30.3 Å². The number of pyridine rings is 1. The molecule has 1 fully saturated rings. The van der Waals surface area contributed by atoms with E-state index in [0.717, 1.165) is 16.8 Å². The van der Waals surface area contributed by atoms with E-state index >= 15 is 0 Å². The average Bonchev–Trinajstić information content (AvgIpc) is 2.95. The summed E-state index contributed by atoms with van der Waals surface area (Å²) in [6, 6.07) is 16.4. The zero-order valence-electron chi connectivity index (χ0n) is 23.3. The van der Waals surface area contributed by atoms with Crippen molar-refractivity contribution >= 4 is 40.9 Å². The van der Waals surface area contributed by atoms with Gasteiger partial charge in [-0.05, 0) is 48.4 Å². The highest BCUT2D eigenvalue weighted by Gasteiger charge is 2.22. The number of hydrogen-bond donors (Lipinski definition) is 5. The van der Waals surface area contributed by atoms with Gasteiger partial charge in [0.15, 0.2) is 0 Å². The van der Waals surface area contributed by atoms with Crippen molar-refractivity contribution in [3.8, 4) is 0 Å². The van der Waals surface area contributed by atoms with Crippen LogP contribution in [0.15, 0.2) is 66.9 Å². The van der Waals surface area contributed by atoms with Crippen LogP contribution in [0.1, 0.15) is 29.3 Å². The number of aromatic nitrogens is 1. The Hall–Kier alpha value is -4.81. The van der Waals surface area contributed by atoms with Gasteiger partial charge in [-0.3, -0.25) is 24.3 Å². The zero-order valence-corrected chi connectivity index (χ0v) is 23.3. The van der Waals surface area contributed by atoms with Crippen molar-refractivity contribution in [2.75, 3.05) is 48.8 Å². The Morgan fingerprint density at radius 3 is 2.29 bits per heavy atom. The van der Waals surface area contributed by atoms with Crippen molar-refractivity contribution in [2.45, 2.75) is 25.8 Å². The summed E-state index contributed by atoms with van der Waals surface area (Å²) < 4.78 is 5.29. The van der Waals surface area contributed by atoms with Crippen LogP contribution in [0.4, 0.5) is 21.9 Å². The number of carbonyl (C=O) groups is 4. The van der Waals surface area contributed by atoms with Crippen LogP contribution in [-0.2, 0) is 25.5 Å². The molecule has 0 radical (unpaired) electrons. The number of amides is 4. The van der Waals surface area contributed by atoms with Gasteiger partial charge in [-0.15, -0.1) is 0 Å². The first-order valence-electron chi connectivity index (χ1n) is 13.5. The quantitative estimate of drug-likeness (QED) is 0.233. The number of hydrogen-bond acceptors (Lipinski definition) is 7. The maximum atomic E-state index is 12.6. The molecule has 1 saturated heterocycles. The number of nitrogens with one attached hydrogen (secondary N) is 4. The van der Waals surface area contributed by atoms with E-state index in [2.05, 4.69) is 26.3 Å². The molecule has 12 nitrogen and oxygen atoms in total. The van der Waals surface area contributed by atoms with Crippen LogP contribution in [0.5, 0.6) is 0 Å². The number of benzene rings is 2. The highest BCUT2D eigenvalue weighted by molar-refractivity contribution is 6.00. The molecule has 1 aromatic heterocycles. The van der Waals surface area contributed by atoms with Gasteiger partial charge in [-0.25, -0.2) is 4.79 Å². The lowest BCUT2D eigenvalue weighted by Gasteiger charge is -2.26. The Bertz CT molecular complexity index is 1390. The van der Waals surface area contributed by atoms with Crippen molar-refractivity contribution in [3.63, 3.8) is 0 Å². The van der Waals surface area contributed by atoms with Crippen LogP contribution in [0.25, 0.3) is 0 Å². The van der Waals surface area contributed by atoms with Crippen LogP contribution < -0.4 is 21.3 Å². The minimum Gasteiger partial charge on any atom is -0.481 e. The number of carboxylic acid groups (broad SMARTS) is 1. The largest absolute Gasteiger partial charge is 0.481 e. The summed E-state index contributed by atoms with van der Waals surface area (Å²) in [7, 11) is 0. The fourth-order valence-electron chi connectivity index (χ4n) is 4.39. The molecule has 12 heteroatoms. The third-order valence-electron chi connectivity index (χ3n) is 6.58. The molecule has 42 heavy (non-hydrogen) atoms. The van der Waals surface area contributed by atoms with Crippen molar-refractivity contribution < 1.29 is 29.0 Å². The van der Waals surface area contributed by atoms with Crippen LogP contribution in [-0.4, -0.2) is 71.7 Å². The van der Waals surface area contributed by atoms with Gasteiger partial charge in [0, 0.05) is 24.5 Å². The monoisotopic (exact) mass is 574 g/mol. The highest BCUT2D eigenvalue weighted by Crippen LogP contribution is 2.18. The lowest BCUT2D eigenvalue weighted by Crippen LogP contribution is -2.44. The zero-order chi connectivity index (χ0) is 29.9. The molecule has 1 atom stereocenters. The first-order valence-corrected chi connectivity index (χ1v) is 13.5. The number of morpholine rings is 1. The fraction of sp³-hybridized carbons (Fsp3) is 0.300. The summed E-state index contributed by atoms with van der Waals surface area (Å²) in [5.41, 5.74) is 3.80. The van der Waals surface area contributed by atoms with Crippen molar-refractivity contribution in [1.82, 2.24) is 15.2 Å². The van der Waals surface area contributed by atoms with Crippen molar-refractivity contribution in [3.05, 3.63) is 83.7 Å². The molecule has 4 rings (SSSR count). The first kappa shape index (κ1) is 30.2. The molecule has 2 heterocycles. The molecule has 1 aliphatic heterocycles. The molecule has 0 spiro atoms. The van der Waals surface area contributed by atoms with Crippen molar-refractivity contribution in [2.24, 2.45) is 0 Å². The number of para-hydroxylation sites is 1. The number of anilines is 3. The van der Waals surface area contributed by atoms with Gasteiger partial charge in [0.1, 0.15) is 0 Å². The summed E-state index contributed by atoms with van der Waals surface area (Å²) in [5, 5.41) is 20.4. The van der Waals surface area contributed by atoms with E-state index in [4.69, 9.17) is 4.74 Å². The predicted octanol–water partition coefficient (Wildman–Crippen LogP) is 3.18. The second-order valence-electron chi connectivity index (χ2n) is 9.89. The van der Waals surface area contributed by atoms with Gasteiger partial charge in [0.05, 0.1) is 56.2 Å². The number of ether oxygens (including phenoxy) is 1. The maximum Gasteiger partial charge on any atom is 0.323 e. The lowest BCUT2D eigenvalue weighted by molar-refractivity contribution is -0.138. The molecule has 3 aromatic rings. The minimum atomic E-state index is -1.07. The molecule has 5 N–H and O–H groups in total. The minimum absolute atomic E-state index is 0.0939. The molecular formula is C30H34N6O6. The van der Waals surface area contributed by atoms with E-state index in [1.54, 1.807) is 36.4 Å². The summed E-state index contributed by atoms with van der Waals surface area (Å²) in [4.78, 5) is 55.1. The third-order valence-corrected chi connectivity index (χ3v) is 6.58. The summed E-state index contributed by atoms with van der Waals surface area (Å²) in [6.45, 7) is 4.43. The van der Waals surface area contributed by atoms with E-state index in [0.29, 0.717) is 43.4 Å². The Morgan fingerprint density at radius 1 is 0.905 bits per heavy atom. The van der Waals surface area contributed by atoms with Crippen LogP contribution in [0.2, 0.25) is 0 Å². The topological polar surface area (TPSA) is 162 Å². The molecule has 4 amide bonds. The number of aryl methyl sites for hydroxylation is 1. The van der Waals surface area contributed by atoms with Gasteiger partial charge < -0.3 is 31.1 Å². The van der Waals surface area contributed by atoms with E-state index in [9.17, 15) is 24.3 Å². The predicted molar refractivity (Wildman–Crippen MR) is 157 cm³/mol. The summed E-state index contributed by atoms with van der Waals surface area (Å²) in [6.07, 6.45) is 1.19. The summed E-state index contributed by atoms with van der Waals surface area (Å²) >= 11 is 0. The molecular weight excluding hydrogens is 540 g/mol. The Labute approximate surface area is 243 Å². The van der Waals surface area contributed by atoms with Gasteiger partial charge >= 0.3 is 12.0 Å². The first-order chi connectivity index (χ1) is 20.2. The number of urea groups is 1. The number of carbonyl (C=O) groups excluding carboxylic acids is 3. The number of carboxylic acids is 1. The normalized spacial score (nSPS) is 13.9. The smallest absolute Gasteiger partial charge is 0.323 e. The Morgan fingerprint density at radius 2 is 1.62 bits per heavy atom. The van der Waals surface area contributed by atoms with Gasteiger partial charge in [0.25, 0.3) is 0 Å². The van der Waals surface area contributed by atoms with Crippen molar-refractivity contribution in [1.29, 1.82) is 0 Å². The van der Waals surface area contributed by atoms with Crippen LogP contribution in [0.3, 0.4) is 0 Å². The summed E-state index contributed by atoms with van der Waals surface area (Å²) in [5.74, 6) is -1.64. The molecule has 220 valence electrons. The van der Waals surface area contributed by atoms with E-state index in [1.165, 1.54) is 6.20 Å². The Kier molecular flexibility index (Phi) is 10.6. The standard InChI is InChI=1S/C30H34N6O6/c1-20-4-2-3-5-24(20)35-30(41)33-22-8-6-21(7-9-22)16-27(37)32-23-10-11-25(31-18-23)26(17-29(39)40)34-28(38)19-36-12-14-42-15-13-36/h2-11,18,26H,12-17,19H2,1H3,(H,32,37)(H,34,38)(H,39,40)(H2,33,35,41). The average molecular weight is 575 g/mol. The van der Waals surface area contributed by atoms with Crippen LogP contribution in [0, 0.1) is 6.92 Å². The lowest BCUT2D eigenvalue weighted by atomic mass is 10.1. The molecule has 1 unspecified atom stereocenters. The molecule has 2 aromatic carbocycles. The van der Waals surface area contributed by atoms with Crippen LogP contribution >= 0.6 is 0 Å². The van der Waals surface area contributed by atoms with Gasteiger partial charge in [0.2, 0.25) is 11.8 Å². The van der Waals surface area contributed by atoms with E-state index in [-0.39, 0.29) is 37.2 Å². The molecule has 1 aliphatic rings. The number of rotatable bonds is 11. The molecule has 0 bridgehead atoms. The third kappa shape index (κ3) is 9.39. The Balaban J connectivity index is 1.27. The fourth-order valence-corrected chi connectivity index (χ4v) is 4.39. The number of aliphatic carboxylic acids is 1. The van der Waals surface area contributed by atoms with Gasteiger partial charge in [-0.2, -0.15) is 0 Å². The second-order valence-corrected chi connectivity index (χ2v) is 9.89. The number of nitrogens with zero attached hydrogens (tertiary/aromatic N) is 2. The van der Waals surface area contributed by atoms with E-state index in [1.807, 2.05) is 36.1 Å².